The molecule has 0 aromatic carbocycles. The predicted molar refractivity (Wildman–Crippen MR) is 97.2 cm³/mol. The second-order valence-electron chi connectivity index (χ2n) is 6.00. The van der Waals surface area contributed by atoms with E-state index in [1.165, 1.54) is 29.9 Å². The van der Waals surface area contributed by atoms with Crippen LogP contribution in [0.15, 0.2) is 24.5 Å². The van der Waals surface area contributed by atoms with Gasteiger partial charge in [-0.25, -0.2) is 0 Å². The SMILES string of the molecule is Cn1cc(NC(=O)c2cc([N+](=O)[O-])cn2C)cc1C(=O)NCCCCC#N. The van der Waals surface area contributed by atoms with Crippen LogP contribution in [-0.4, -0.2) is 32.4 Å². The number of unbranched alkanes of at least 4 members (excludes halogenated alkanes) is 2. The Bertz CT molecular complexity index is 905. The van der Waals surface area contributed by atoms with Crippen LogP contribution in [0.1, 0.15) is 40.2 Å². The maximum absolute atomic E-state index is 12.3. The maximum Gasteiger partial charge on any atom is 0.287 e. The van der Waals surface area contributed by atoms with Gasteiger partial charge >= 0.3 is 0 Å². The highest BCUT2D eigenvalue weighted by atomic mass is 16.6. The van der Waals surface area contributed by atoms with Crippen LogP contribution in [0.3, 0.4) is 0 Å². The Morgan fingerprint density at radius 2 is 1.81 bits per heavy atom. The molecule has 0 atom stereocenters. The van der Waals surface area contributed by atoms with E-state index in [-0.39, 0.29) is 17.3 Å². The maximum atomic E-state index is 12.3. The van der Waals surface area contributed by atoms with E-state index in [2.05, 4.69) is 10.6 Å². The van der Waals surface area contributed by atoms with Gasteiger partial charge in [0.15, 0.2) is 0 Å². The number of nitriles is 1. The van der Waals surface area contributed by atoms with Crippen molar-refractivity contribution in [1.29, 1.82) is 5.26 Å². The van der Waals surface area contributed by atoms with Crippen molar-refractivity contribution in [3.8, 4) is 6.07 Å². The molecule has 0 aliphatic carbocycles. The number of rotatable bonds is 8. The summed E-state index contributed by atoms with van der Waals surface area (Å²) in [5.74, 6) is -0.802. The van der Waals surface area contributed by atoms with Gasteiger partial charge in [0.25, 0.3) is 17.5 Å². The van der Waals surface area contributed by atoms with E-state index in [0.29, 0.717) is 37.2 Å². The van der Waals surface area contributed by atoms with Crippen LogP contribution in [0, 0.1) is 21.4 Å². The molecule has 2 aromatic rings. The fourth-order valence-electron chi connectivity index (χ4n) is 2.55. The number of amides is 2. The Balaban J connectivity index is 2.01. The summed E-state index contributed by atoms with van der Waals surface area (Å²) in [7, 11) is 3.21. The summed E-state index contributed by atoms with van der Waals surface area (Å²) in [6, 6.07) is 4.76. The van der Waals surface area contributed by atoms with E-state index in [1.807, 2.05) is 6.07 Å². The minimum Gasteiger partial charge on any atom is -0.351 e. The molecule has 2 amide bonds. The third kappa shape index (κ3) is 4.94. The topological polar surface area (TPSA) is 135 Å². The fraction of sp³-hybridized carbons (Fsp3) is 0.353. The van der Waals surface area contributed by atoms with Crippen molar-refractivity contribution in [2.45, 2.75) is 19.3 Å². The molecule has 0 unspecified atom stereocenters. The fourth-order valence-corrected chi connectivity index (χ4v) is 2.55. The minimum absolute atomic E-state index is 0.133. The molecular weight excluding hydrogens is 352 g/mol. The van der Waals surface area contributed by atoms with E-state index < -0.39 is 10.8 Å². The number of carbonyl (C=O) groups is 2. The summed E-state index contributed by atoms with van der Waals surface area (Å²) in [4.78, 5) is 34.8. The molecule has 0 saturated heterocycles. The van der Waals surface area contributed by atoms with Gasteiger partial charge in [-0.15, -0.1) is 0 Å². The molecule has 2 heterocycles. The first-order valence-electron chi connectivity index (χ1n) is 8.27. The van der Waals surface area contributed by atoms with Crippen LogP contribution >= 0.6 is 0 Å². The number of aromatic nitrogens is 2. The molecule has 2 aromatic heterocycles. The summed E-state index contributed by atoms with van der Waals surface area (Å²) >= 11 is 0. The number of hydrogen-bond acceptors (Lipinski definition) is 5. The van der Waals surface area contributed by atoms with Crippen molar-refractivity contribution in [1.82, 2.24) is 14.5 Å². The molecule has 0 saturated carbocycles. The summed E-state index contributed by atoms with van der Waals surface area (Å²) < 4.78 is 2.94. The van der Waals surface area contributed by atoms with Gasteiger partial charge in [-0.05, 0) is 18.9 Å². The first kappa shape index (κ1) is 19.7. The van der Waals surface area contributed by atoms with Crippen LogP contribution in [-0.2, 0) is 14.1 Å². The van der Waals surface area contributed by atoms with Gasteiger partial charge in [0.1, 0.15) is 11.4 Å². The lowest BCUT2D eigenvalue weighted by Crippen LogP contribution is -2.26. The van der Waals surface area contributed by atoms with Gasteiger partial charge in [0.2, 0.25) is 0 Å². The first-order chi connectivity index (χ1) is 12.8. The van der Waals surface area contributed by atoms with E-state index >= 15 is 0 Å². The van der Waals surface area contributed by atoms with Gasteiger partial charge < -0.3 is 19.8 Å². The smallest absolute Gasteiger partial charge is 0.287 e. The number of nitro groups is 1. The molecule has 0 radical (unpaired) electrons. The Morgan fingerprint density at radius 3 is 2.44 bits per heavy atom. The highest BCUT2D eigenvalue weighted by molar-refractivity contribution is 6.04. The number of nitrogens with one attached hydrogen (secondary N) is 2. The number of carbonyl (C=O) groups excluding carboxylic acids is 2. The molecule has 27 heavy (non-hydrogen) atoms. The lowest BCUT2D eigenvalue weighted by atomic mass is 10.2. The van der Waals surface area contributed by atoms with Crippen molar-refractivity contribution < 1.29 is 14.5 Å². The number of anilines is 1. The molecule has 2 N–H and O–H groups in total. The molecule has 0 aliphatic rings. The monoisotopic (exact) mass is 372 g/mol. The van der Waals surface area contributed by atoms with Gasteiger partial charge in [0.05, 0.1) is 22.9 Å². The number of nitrogens with zero attached hydrogens (tertiary/aromatic N) is 4. The largest absolute Gasteiger partial charge is 0.351 e. The van der Waals surface area contributed by atoms with E-state index in [1.54, 1.807) is 17.8 Å². The molecule has 2 rings (SSSR count). The zero-order chi connectivity index (χ0) is 20.0. The van der Waals surface area contributed by atoms with Crippen molar-refractivity contribution in [3.05, 3.63) is 46.0 Å². The molecule has 10 heteroatoms. The third-order valence-corrected chi connectivity index (χ3v) is 3.93. The van der Waals surface area contributed by atoms with Crippen LogP contribution < -0.4 is 10.6 Å². The Kier molecular flexibility index (Phi) is 6.32. The standard InChI is InChI=1S/C17H20N6O4/c1-21-10-12(8-14(21)16(24)19-7-5-3-4-6-18)20-17(25)15-9-13(23(26)27)11-22(15)2/h8-11H,3-5,7H2,1-2H3,(H,19,24)(H,20,25). The lowest BCUT2D eigenvalue weighted by molar-refractivity contribution is -0.384. The lowest BCUT2D eigenvalue weighted by Gasteiger charge is -2.04. The number of hydrogen-bond donors (Lipinski definition) is 2. The normalized spacial score (nSPS) is 10.3. The summed E-state index contributed by atoms with van der Waals surface area (Å²) in [6.45, 7) is 0.459. The molecule has 0 fully saturated rings. The van der Waals surface area contributed by atoms with Crippen molar-refractivity contribution in [2.24, 2.45) is 14.1 Å². The Hall–Kier alpha value is -3.61. The average molecular weight is 372 g/mol. The highest BCUT2D eigenvalue weighted by Crippen LogP contribution is 2.18. The third-order valence-electron chi connectivity index (χ3n) is 3.93. The Labute approximate surface area is 155 Å². The molecular formula is C17H20N6O4. The first-order valence-corrected chi connectivity index (χ1v) is 8.27. The molecule has 10 nitrogen and oxygen atoms in total. The second kappa shape index (κ2) is 8.66. The van der Waals surface area contributed by atoms with E-state index in [0.717, 1.165) is 0 Å². The van der Waals surface area contributed by atoms with Gasteiger partial charge in [0, 0.05) is 39.3 Å². The van der Waals surface area contributed by atoms with E-state index in [9.17, 15) is 19.7 Å². The van der Waals surface area contributed by atoms with Crippen molar-refractivity contribution in [2.75, 3.05) is 11.9 Å². The zero-order valence-corrected chi connectivity index (χ0v) is 15.1. The average Bonchev–Trinajstić information content (AvgIpc) is 3.17. The molecule has 0 bridgehead atoms. The van der Waals surface area contributed by atoms with Gasteiger partial charge in [-0.2, -0.15) is 5.26 Å². The predicted octanol–water partition coefficient (Wildman–Crippen LogP) is 1.95. The molecule has 0 spiro atoms. The Morgan fingerprint density at radius 1 is 1.15 bits per heavy atom. The zero-order valence-electron chi connectivity index (χ0n) is 15.1. The number of aryl methyl sites for hydroxylation is 2. The summed E-state index contributed by atoms with van der Waals surface area (Å²) in [5, 5.41) is 24.7. The van der Waals surface area contributed by atoms with Gasteiger partial charge in [-0.1, -0.05) is 0 Å². The summed E-state index contributed by atoms with van der Waals surface area (Å²) in [5.41, 5.74) is 0.727. The van der Waals surface area contributed by atoms with Crippen LogP contribution in [0.25, 0.3) is 0 Å². The van der Waals surface area contributed by atoms with Crippen molar-refractivity contribution >= 4 is 23.2 Å². The quantitative estimate of drug-likeness (QED) is 0.415. The highest BCUT2D eigenvalue weighted by Gasteiger charge is 2.19. The van der Waals surface area contributed by atoms with E-state index in [4.69, 9.17) is 5.26 Å². The minimum atomic E-state index is -0.571. The van der Waals surface area contributed by atoms with Crippen LogP contribution in [0.4, 0.5) is 11.4 Å². The molecule has 142 valence electrons. The van der Waals surface area contributed by atoms with Crippen molar-refractivity contribution in [3.63, 3.8) is 0 Å². The van der Waals surface area contributed by atoms with Gasteiger partial charge in [-0.3, -0.25) is 19.7 Å². The van der Waals surface area contributed by atoms with Crippen LogP contribution in [0.2, 0.25) is 0 Å². The molecule has 0 aliphatic heterocycles. The van der Waals surface area contributed by atoms with Crippen LogP contribution in [0.5, 0.6) is 0 Å². The second-order valence-corrected chi connectivity index (χ2v) is 6.00. The summed E-state index contributed by atoms with van der Waals surface area (Å²) in [6.07, 6.45) is 4.71.